The summed E-state index contributed by atoms with van der Waals surface area (Å²) in [7, 11) is 1.51. The van der Waals surface area contributed by atoms with Crippen molar-refractivity contribution in [3.63, 3.8) is 0 Å². The minimum atomic E-state index is -0.0434. The lowest BCUT2D eigenvalue weighted by Crippen LogP contribution is -2.41. The number of amides is 1. The summed E-state index contributed by atoms with van der Waals surface area (Å²) in [6.07, 6.45) is 1.78. The summed E-state index contributed by atoms with van der Waals surface area (Å²) >= 11 is 1.76. The van der Waals surface area contributed by atoms with Gasteiger partial charge in [0.15, 0.2) is 18.1 Å². The molecule has 0 bridgehead atoms. The smallest absolute Gasteiger partial charge is 0.261 e. The van der Waals surface area contributed by atoms with E-state index in [1.54, 1.807) is 29.5 Å². The third kappa shape index (κ3) is 3.47. The van der Waals surface area contributed by atoms with Crippen LogP contribution in [-0.2, 0) is 11.2 Å². The van der Waals surface area contributed by atoms with Crippen molar-refractivity contribution in [3.8, 4) is 17.6 Å². The number of fused-ring (bicyclic) bond motifs is 1. The lowest BCUT2D eigenvalue weighted by molar-refractivity contribution is -0.136. The van der Waals surface area contributed by atoms with E-state index in [9.17, 15) is 4.79 Å². The molecule has 2 aromatic rings. The van der Waals surface area contributed by atoms with Crippen LogP contribution in [0, 0.1) is 11.3 Å². The van der Waals surface area contributed by atoms with Crippen molar-refractivity contribution in [2.75, 3.05) is 20.3 Å². The Morgan fingerprint density at radius 2 is 2.24 bits per heavy atom. The van der Waals surface area contributed by atoms with Gasteiger partial charge < -0.3 is 14.4 Å². The fraction of sp³-hybridized carbons (Fsp3) is 0.368. The Bertz CT molecular complexity index is 809. The molecule has 3 rings (SSSR count). The topological polar surface area (TPSA) is 62.6 Å². The molecule has 0 fully saturated rings. The van der Waals surface area contributed by atoms with E-state index >= 15 is 0 Å². The summed E-state index contributed by atoms with van der Waals surface area (Å²) in [5, 5.41) is 11.0. The summed E-state index contributed by atoms with van der Waals surface area (Å²) in [6, 6.07) is 9.21. The lowest BCUT2D eigenvalue weighted by atomic mass is 9.98. The zero-order chi connectivity index (χ0) is 17.8. The van der Waals surface area contributed by atoms with Gasteiger partial charge in [-0.15, -0.1) is 11.3 Å². The molecule has 1 amide bonds. The zero-order valence-corrected chi connectivity index (χ0v) is 15.1. The first kappa shape index (κ1) is 17.3. The van der Waals surface area contributed by atoms with Crippen LogP contribution in [0.1, 0.15) is 35.4 Å². The molecule has 0 aliphatic carbocycles. The maximum atomic E-state index is 12.7. The summed E-state index contributed by atoms with van der Waals surface area (Å²) < 4.78 is 10.9. The highest BCUT2D eigenvalue weighted by Crippen LogP contribution is 2.35. The van der Waals surface area contributed by atoms with Crippen molar-refractivity contribution in [3.05, 3.63) is 45.6 Å². The van der Waals surface area contributed by atoms with Crippen molar-refractivity contribution in [1.29, 1.82) is 5.26 Å². The molecule has 0 saturated heterocycles. The summed E-state index contributed by atoms with van der Waals surface area (Å²) in [4.78, 5) is 16.0. The number of carbonyl (C=O) groups excluding carboxylic acids is 1. The number of thiophene rings is 1. The van der Waals surface area contributed by atoms with Gasteiger partial charge >= 0.3 is 0 Å². The quantitative estimate of drug-likeness (QED) is 0.822. The average molecular weight is 356 g/mol. The van der Waals surface area contributed by atoms with Gasteiger partial charge in [0.25, 0.3) is 5.91 Å². The summed E-state index contributed by atoms with van der Waals surface area (Å²) in [5.41, 5.74) is 1.76. The molecule has 6 heteroatoms. The molecule has 1 aliphatic rings. The Labute approximate surface area is 151 Å². The molecular formula is C19H20N2O3S. The second-order valence-electron chi connectivity index (χ2n) is 5.83. The standard InChI is InChI=1S/C19H20N2O3S/c1-3-15-14-7-9-25-18(14)6-8-21(15)19(22)12-24-16-5-4-13(11-20)10-17(16)23-2/h4-5,7,9-10,15H,3,6,8,12H2,1-2H3. The second-order valence-corrected chi connectivity index (χ2v) is 6.83. The van der Waals surface area contributed by atoms with E-state index in [0.29, 0.717) is 17.1 Å². The van der Waals surface area contributed by atoms with Crippen molar-refractivity contribution in [1.82, 2.24) is 4.90 Å². The van der Waals surface area contributed by atoms with E-state index in [1.807, 2.05) is 4.90 Å². The Kier molecular flexibility index (Phi) is 5.25. The second kappa shape index (κ2) is 7.58. The van der Waals surface area contributed by atoms with Crippen molar-refractivity contribution >= 4 is 17.2 Å². The van der Waals surface area contributed by atoms with Crippen molar-refractivity contribution in [2.24, 2.45) is 0 Å². The maximum absolute atomic E-state index is 12.7. The van der Waals surface area contributed by atoms with E-state index in [-0.39, 0.29) is 18.6 Å². The van der Waals surface area contributed by atoms with Gasteiger partial charge in [0.2, 0.25) is 0 Å². The monoisotopic (exact) mass is 356 g/mol. The number of nitriles is 1. The highest BCUT2D eigenvalue weighted by atomic mass is 32.1. The first-order chi connectivity index (χ1) is 12.2. The van der Waals surface area contributed by atoms with Crippen LogP contribution >= 0.6 is 11.3 Å². The molecular weight excluding hydrogens is 336 g/mol. The molecule has 0 saturated carbocycles. The number of hydrogen-bond acceptors (Lipinski definition) is 5. The normalized spacial score (nSPS) is 16.0. The van der Waals surface area contributed by atoms with Gasteiger partial charge in [-0.05, 0) is 42.0 Å². The fourth-order valence-corrected chi connectivity index (χ4v) is 4.14. The van der Waals surface area contributed by atoms with Crippen LogP contribution in [0.4, 0.5) is 0 Å². The lowest BCUT2D eigenvalue weighted by Gasteiger charge is -2.35. The van der Waals surface area contributed by atoms with Crippen LogP contribution in [0.15, 0.2) is 29.6 Å². The number of carbonyl (C=O) groups is 1. The average Bonchev–Trinajstić information content (AvgIpc) is 3.13. The zero-order valence-electron chi connectivity index (χ0n) is 14.3. The van der Waals surface area contributed by atoms with E-state index in [0.717, 1.165) is 19.4 Å². The molecule has 0 radical (unpaired) electrons. The van der Waals surface area contributed by atoms with Crippen LogP contribution in [0.5, 0.6) is 11.5 Å². The van der Waals surface area contributed by atoms with Crippen LogP contribution in [0.2, 0.25) is 0 Å². The minimum Gasteiger partial charge on any atom is -0.493 e. The Morgan fingerprint density at radius 1 is 1.40 bits per heavy atom. The Balaban J connectivity index is 1.70. The Morgan fingerprint density at radius 3 is 2.96 bits per heavy atom. The van der Waals surface area contributed by atoms with Gasteiger partial charge in [-0.25, -0.2) is 0 Å². The van der Waals surface area contributed by atoms with Gasteiger partial charge in [-0.1, -0.05) is 6.92 Å². The molecule has 25 heavy (non-hydrogen) atoms. The van der Waals surface area contributed by atoms with Crippen LogP contribution in [0.3, 0.4) is 0 Å². The van der Waals surface area contributed by atoms with E-state index in [1.165, 1.54) is 17.6 Å². The summed E-state index contributed by atoms with van der Waals surface area (Å²) in [5.74, 6) is 0.892. The van der Waals surface area contributed by atoms with E-state index in [2.05, 4.69) is 24.4 Å². The molecule has 1 atom stereocenters. The SMILES string of the molecule is CCC1c2ccsc2CCN1C(=O)COc1ccc(C#N)cc1OC. The number of nitrogens with zero attached hydrogens (tertiary/aromatic N) is 2. The molecule has 5 nitrogen and oxygen atoms in total. The first-order valence-corrected chi connectivity index (χ1v) is 9.12. The molecule has 130 valence electrons. The van der Waals surface area contributed by atoms with Crippen molar-refractivity contribution < 1.29 is 14.3 Å². The van der Waals surface area contributed by atoms with E-state index in [4.69, 9.17) is 14.7 Å². The molecule has 1 unspecified atom stereocenters. The van der Waals surface area contributed by atoms with Gasteiger partial charge in [0.05, 0.1) is 24.8 Å². The number of ether oxygens (including phenoxy) is 2. The van der Waals surface area contributed by atoms with Crippen molar-refractivity contribution in [2.45, 2.75) is 25.8 Å². The maximum Gasteiger partial charge on any atom is 0.261 e. The van der Waals surface area contributed by atoms with Gasteiger partial charge in [-0.2, -0.15) is 5.26 Å². The Hall–Kier alpha value is -2.52. The predicted molar refractivity (Wildman–Crippen MR) is 96.0 cm³/mol. The largest absolute Gasteiger partial charge is 0.493 e. The number of benzene rings is 1. The minimum absolute atomic E-state index is 0.0323. The van der Waals surface area contributed by atoms with Gasteiger partial charge in [0.1, 0.15) is 0 Å². The molecule has 1 aromatic carbocycles. The highest BCUT2D eigenvalue weighted by Gasteiger charge is 2.30. The fourth-order valence-electron chi connectivity index (χ4n) is 3.21. The molecule has 0 N–H and O–H groups in total. The van der Waals surface area contributed by atoms with Gasteiger partial charge in [0, 0.05) is 17.5 Å². The van der Waals surface area contributed by atoms with E-state index < -0.39 is 0 Å². The third-order valence-corrected chi connectivity index (χ3v) is 5.44. The predicted octanol–water partition coefficient (Wildman–Crippen LogP) is 3.54. The van der Waals surface area contributed by atoms with Crippen LogP contribution in [-0.4, -0.2) is 31.1 Å². The molecule has 2 heterocycles. The van der Waals surface area contributed by atoms with Gasteiger partial charge in [-0.3, -0.25) is 4.79 Å². The highest BCUT2D eigenvalue weighted by molar-refractivity contribution is 7.10. The number of hydrogen-bond donors (Lipinski definition) is 0. The molecule has 1 aliphatic heterocycles. The third-order valence-electron chi connectivity index (χ3n) is 4.45. The van der Waals surface area contributed by atoms with Crippen LogP contribution < -0.4 is 9.47 Å². The number of methoxy groups -OCH3 is 1. The van der Waals surface area contributed by atoms with Crippen LogP contribution in [0.25, 0.3) is 0 Å². The number of rotatable bonds is 5. The summed E-state index contributed by atoms with van der Waals surface area (Å²) in [6.45, 7) is 2.78. The molecule has 1 aromatic heterocycles. The molecule has 0 spiro atoms. The first-order valence-electron chi connectivity index (χ1n) is 8.24.